The number of aliphatic carboxylic acids is 1. The molecule has 0 saturated heterocycles. The summed E-state index contributed by atoms with van der Waals surface area (Å²) in [5.41, 5.74) is -1.19. The van der Waals surface area contributed by atoms with Gasteiger partial charge in [0, 0.05) is 0 Å². The van der Waals surface area contributed by atoms with Crippen molar-refractivity contribution < 1.29 is 14.3 Å². The molecule has 7 heteroatoms. The third-order valence-corrected chi connectivity index (χ3v) is 3.41. The van der Waals surface area contributed by atoms with Crippen molar-refractivity contribution in [3.8, 4) is 5.69 Å². The number of halogens is 1. The van der Waals surface area contributed by atoms with E-state index in [0.717, 1.165) is 15.2 Å². The topological polar surface area (TPSA) is 81.3 Å². The molecule has 116 valence electrons. The van der Waals surface area contributed by atoms with E-state index in [9.17, 15) is 18.8 Å². The minimum atomic E-state index is -1.22. The summed E-state index contributed by atoms with van der Waals surface area (Å²) in [5, 5.41) is 9.20. The Morgan fingerprint density at radius 2 is 1.83 bits per heavy atom. The fourth-order valence-corrected chi connectivity index (χ4v) is 2.45. The molecule has 0 spiro atoms. The van der Waals surface area contributed by atoms with Gasteiger partial charge >= 0.3 is 11.7 Å². The van der Waals surface area contributed by atoms with E-state index in [4.69, 9.17) is 5.11 Å². The molecule has 3 aromatic rings. The zero-order chi connectivity index (χ0) is 16.6. The van der Waals surface area contributed by atoms with Gasteiger partial charge in [-0.25, -0.2) is 13.8 Å². The Kier molecular flexibility index (Phi) is 3.53. The van der Waals surface area contributed by atoms with E-state index in [-0.39, 0.29) is 16.6 Å². The molecule has 0 unspecified atom stereocenters. The maximum absolute atomic E-state index is 13.4. The molecule has 1 aromatic heterocycles. The third kappa shape index (κ3) is 2.52. The number of rotatable bonds is 3. The van der Waals surface area contributed by atoms with Crippen LogP contribution in [0, 0.1) is 5.82 Å². The van der Waals surface area contributed by atoms with Gasteiger partial charge in [0.15, 0.2) is 0 Å². The van der Waals surface area contributed by atoms with Gasteiger partial charge in [-0.05, 0) is 30.3 Å². The third-order valence-electron chi connectivity index (χ3n) is 3.41. The Balaban J connectivity index is 2.46. The normalized spacial score (nSPS) is 10.8. The van der Waals surface area contributed by atoms with Crippen molar-refractivity contribution in [2.75, 3.05) is 0 Å². The van der Waals surface area contributed by atoms with Gasteiger partial charge in [-0.3, -0.25) is 14.2 Å². The van der Waals surface area contributed by atoms with Crippen molar-refractivity contribution in [1.82, 2.24) is 9.13 Å². The molecule has 0 aliphatic rings. The molecule has 0 bridgehead atoms. The summed E-state index contributed by atoms with van der Waals surface area (Å²) in [6, 6.07) is 11.2. The Morgan fingerprint density at radius 3 is 2.52 bits per heavy atom. The Bertz CT molecular complexity index is 1040. The van der Waals surface area contributed by atoms with Gasteiger partial charge in [0.25, 0.3) is 5.56 Å². The molecule has 1 N–H and O–H groups in total. The zero-order valence-corrected chi connectivity index (χ0v) is 11.8. The Morgan fingerprint density at radius 1 is 1.09 bits per heavy atom. The minimum absolute atomic E-state index is 0.0462. The summed E-state index contributed by atoms with van der Waals surface area (Å²) in [4.78, 5) is 36.2. The van der Waals surface area contributed by atoms with Crippen LogP contribution >= 0.6 is 0 Å². The summed E-state index contributed by atoms with van der Waals surface area (Å²) in [7, 11) is 0. The molecule has 23 heavy (non-hydrogen) atoms. The van der Waals surface area contributed by atoms with Crippen molar-refractivity contribution in [3.63, 3.8) is 0 Å². The maximum atomic E-state index is 13.4. The first-order valence-electron chi connectivity index (χ1n) is 6.71. The lowest BCUT2D eigenvalue weighted by Crippen LogP contribution is -2.40. The number of aromatic nitrogens is 2. The quantitative estimate of drug-likeness (QED) is 0.792. The van der Waals surface area contributed by atoms with E-state index in [1.165, 1.54) is 30.3 Å². The lowest BCUT2D eigenvalue weighted by Gasteiger charge is -2.12. The largest absolute Gasteiger partial charge is 0.480 e. The highest BCUT2D eigenvalue weighted by molar-refractivity contribution is 5.80. The van der Waals surface area contributed by atoms with Gasteiger partial charge in [-0.1, -0.05) is 18.2 Å². The summed E-state index contributed by atoms with van der Waals surface area (Å²) >= 11 is 0. The van der Waals surface area contributed by atoms with Crippen molar-refractivity contribution in [3.05, 3.63) is 75.2 Å². The SMILES string of the molecule is O=C(O)Cn1c(=O)n(-c2cccc(F)c2)c(=O)c2ccccc21. The highest BCUT2D eigenvalue weighted by atomic mass is 19.1. The van der Waals surface area contributed by atoms with Gasteiger partial charge in [-0.2, -0.15) is 0 Å². The molecule has 0 atom stereocenters. The first kappa shape index (κ1) is 14.7. The zero-order valence-electron chi connectivity index (χ0n) is 11.8. The molecular weight excluding hydrogens is 303 g/mol. The highest BCUT2D eigenvalue weighted by Gasteiger charge is 2.16. The first-order chi connectivity index (χ1) is 11.0. The van der Waals surface area contributed by atoms with Crippen molar-refractivity contribution in [1.29, 1.82) is 0 Å². The van der Waals surface area contributed by atoms with Crippen LogP contribution in [0.15, 0.2) is 58.1 Å². The number of carboxylic acids is 1. The number of nitrogens with zero attached hydrogens (tertiary/aromatic N) is 2. The fourth-order valence-electron chi connectivity index (χ4n) is 2.45. The molecule has 0 amide bonds. The first-order valence-corrected chi connectivity index (χ1v) is 6.71. The molecule has 0 saturated carbocycles. The molecule has 2 aromatic carbocycles. The second-order valence-electron chi connectivity index (χ2n) is 4.90. The molecular formula is C16H11FN2O4. The number of fused-ring (bicyclic) bond motifs is 1. The molecule has 0 aliphatic heterocycles. The van der Waals surface area contributed by atoms with E-state index in [1.54, 1.807) is 12.1 Å². The van der Waals surface area contributed by atoms with Crippen LogP contribution in [0.3, 0.4) is 0 Å². The second-order valence-corrected chi connectivity index (χ2v) is 4.90. The number of benzene rings is 2. The van der Waals surface area contributed by atoms with Crippen LogP contribution in [-0.2, 0) is 11.3 Å². The smallest absolute Gasteiger partial charge is 0.336 e. The standard InChI is InChI=1S/C16H11FN2O4/c17-10-4-3-5-11(8-10)19-15(22)12-6-1-2-7-13(12)18(16(19)23)9-14(20)21/h1-8H,9H2,(H,20,21). The van der Waals surface area contributed by atoms with Crippen LogP contribution < -0.4 is 11.2 Å². The van der Waals surface area contributed by atoms with E-state index in [0.29, 0.717) is 0 Å². The average molecular weight is 314 g/mol. The second kappa shape index (κ2) is 5.53. The molecule has 0 fully saturated rings. The number of carbonyl (C=O) groups is 1. The predicted molar refractivity (Wildman–Crippen MR) is 81.4 cm³/mol. The minimum Gasteiger partial charge on any atom is -0.480 e. The number of hydrogen-bond acceptors (Lipinski definition) is 3. The van der Waals surface area contributed by atoms with Gasteiger partial charge in [0.05, 0.1) is 16.6 Å². The van der Waals surface area contributed by atoms with E-state index in [1.807, 2.05) is 0 Å². The Hall–Kier alpha value is -3.22. The van der Waals surface area contributed by atoms with Crippen LogP contribution in [-0.4, -0.2) is 20.2 Å². The van der Waals surface area contributed by atoms with Gasteiger partial charge in [0.2, 0.25) is 0 Å². The molecule has 0 radical (unpaired) electrons. The number of para-hydroxylation sites is 1. The van der Waals surface area contributed by atoms with Gasteiger partial charge in [0.1, 0.15) is 12.4 Å². The lowest BCUT2D eigenvalue weighted by atomic mass is 10.2. The molecule has 0 aliphatic carbocycles. The highest BCUT2D eigenvalue weighted by Crippen LogP contribution is 2.11. The van der Waals surface area contributed by atoms with E-state index < -0.39 is 29.6 Å². The fraction of sp³-hybridized carbons (Fsp3) is 0.0625. The molecule has 1 heterocycles. The summed E-state index contributed by atoms with van der Waals surface area (Å²) < 4.78 is 15.2. The van der Waals surface area contributed by atoms with Crippen LogP contribution in [0.1, 0.15) is 0 Å². The maximum Gasteiger partial charge on any atom is 0.336 e. The summed E-state index contributed by atoms with van der Waals surface area (Å²) in [6.07, 6.45) is 0. The monoisotopic (exact) mass is 314 g/mol. The van der Waals surface area contributed by atoms with Crippen molar-refractivity contribution in [2.24, 2.45) is 0 Å². The van der Waals surface area contributed by atoms with E-state index >= 15 is 0 Å². The number of carboxylic acid groups (broad SMARTS) is 1. The van der Waals surface area contributed by atoms with Gasteiger partial charge < -0.3 is 5.11 Å². The van der Waals surface area contributed by atoms with E-state index in [2.05, 4.69) is 0 Å². The molecule has 6 nitrogen and oxygen atoms in total. The predicted octanol–water partition coefficient (Wildman–Crippen LogP) is 1.38. The van der Waals surface area contributed by atoms with Crippen LogP contribution in [0.4, 0.5) is 4.39 Å². The number of hydrogen-bond donors (Lipinski definition) is 1. The lowest BCUT2D eigenvalue weighted by molar-refractivity contribution is -0.137. The van der Waals surface area contributed by atoms with Gasteiger partial charge in [-0.15, -0.1) is 0 Å². The van der Waals surface area contributed by atoms with Crippen molar-refractivity contribution >= 4 is 16.9 Å². The summed E-state index contributed by atoms with van der Waals surface area (Å²) in [6.45, 7) is -0.602. The summed E-state index contributed by atoms with van der Waals surface area (Å²) in [5.74, 6) is -1.83. The van der Waals surface area contributed by atoms with Crippen LogP contribution in [0.25, 0.3) is 16.6 Å². The average Bonchev–Trinajstić information content (AvgIpc) is 2.51. The van der Waals surface area contributed by atoms with Crippen LogP contribution in [0.5, 0.6) is 0 Å². The Labute approximate surface area is 128 Å². The molecule has 3 rings (SSSR count). The van der Waals surface area contributed by atoms with Crippen molar-refractivity contribution in [2.45, 2.75) is 6.54 Å². The van der Waals surface area contributed by atoms with Crippen LogP contribution in [0.2, 0.25) is 0 Å².